The maximum atomic E-state index is 8.82. The van der Waals surface area contributed by atoms with Gasteiger partial charge < -0.3 is 16.2 Å². The van der Waals surface area contributed by atoms with Gasteiger partial charge in [-0.25, -0.2) is 0 Å². The Kier molecular flexibility index (Phi) is 2.28. The second kappa shape index (κ2) is 3.21. The molecule has 1 rings (SSSR count). The van der Waals surface area contributed by atoms with Crippen molar-refractivity contribution in [1.82, 2.24) is 0 Å². The SMILES string of the molecule is N=Cc1c(N)cccc1BO. The fourth-order valence-electron chi connectivity index (χ4n) is 0.947. The van der Waals surface area contributed by atoms with Crippen molar-refractivity contribution in [3.05, 3.63) is 23.8 Å². The molecule has 0 radical (unpaired) electrons. The van der Waals surface area contributed by atoms with Crippen LogP contribution in [0.2, 0.25) is 0 Å². The van der Waals surface area contributed by atoms with Crippen LogP contribution < -0.4 is 11.2 Å². The number of hydrogen-bond acceptors (Lipinski definition) is 3. The predicted octanol–water partition coefficient (Wildman–Crippen LogP) is -0.764. The van der Waals surface area contributed by atoms with Gasteiger partial charge >= 0.3 is 7.48 Å². The lowest BCUT2D eigenvalue weighted by Gasteiger charge is -2.02. The lowest BCUT2D eigenvalue weighted by atomic mass is 9.84. The van der Waals surface area contributed by atoms with Gasteiger partial charge in [-0.05, 0) is 11.5 Å². The molecule has 0 amide bonds. The monoisotopic (exact) mass is 148 g/mol. The van der Waals surface area contributed by atoms with Gasteiger partial charge in [0.15, 0.2) is 0 Å². The molecular weight excluding hydrogens is 139 g/mol. The zero-order chi connectivity index (χ0) is 8.27. The first kappa shape index (κ1) is 7.82. The highest BCUT2D eigenvalue weighted by molar-refractivity contribution is 6.48. The molecule has 4 N–H and O–H groups in total. The van der Waals surface area contributed by atoms with Crippen molar-refractivity contribution < 1.29 is 5.02 Å². The lowest BCUT2D eigenvalue weighted by molar-refractivity contribution is 0.615. The van der Waals surface area contributed by atoms with E-state index in [4.69, 9.17) is 16.2 Å². The van der Waals surface area contributed by atoms with Gasteiger partial charge in [0.05, 0.1) is 0 Å². The van der Waals surface area contributed by atoms with Gasteiger partial charge in [0.2, 0.25) is 0 Å². The normalized spacial score (nSPS) is 9.18. The Morgan fingerprint density at radius 2 is 2.27 bits per heavy atom. The van der Waals surface area contributed by atoms with Crippen LogP contribution in [0, 0.1) is 5.41 Å². The highest BCUT2D eigenvalue weighted by Gasteiger charge is 2.02. The highest BCUT2D eigenvalue weighted by atomic mass is 16.2. The number of nitrogen functional groups attached to an aromatic ring is 1. The van der Waals surface area contributed by atoms with Crippen LogP contribution in [0.1, 0.15) is 5.56 Å². The maximum Gasteiger partial charge on any atom is 0.305 e. The second-order valence-corrected chi connectivity index (χ2v) is 2.22. The van der Waals surface area contributed by atoms with Crippen molar-refractivity contribution in [2.45, 2.75) is 0 Å². The second-order valence-electron chi connectivity index (χ2n) is 2.22. The summed E-state index contributed by atoms with van der Waals surface area (Å²) in [5.41, 5.74) is 7.38. The largest absolute Gasteiger partial charge is 0.449 e. The topological polar surface area (TPSA) is 70.1 Å². The molecular formula is C7H9BN2O. The molecule has 4 heteroatoms. The van der Waals surface area contributed by atoms with Crippen LogP contribution in [0.5, 0.6) is 0 Å². The van der Waals surface area contributed by atoms with E-state index in [1.54, 1.807) is 18.2 Å². The number of nitrogens with two attached hydrogens (primary N) is 1. The van der Waals surface area contributed by atoms with Gasteiger partial charge in [0, 0.05) is 17.5 Å². The summed E-state index contributed by atoms with van der Waals surface area (Å²) < 4.78 is 0. The van der Waals surface area contributed by atoms with E-state index in [1.165, 1.54) is 0 Å². The molecule has 0 aliphatic heterocycles. The van der Waals surface area contributed by atoms with Crippen LogP contribution in [-0.2, 0) is 0 Å². The van der Waals surface area contributed by atoms with Crippen molar-refractivity contribution in [3.8, 4) is 0 Å². The fourth-order valence-corrected chi connectivity index (χ4v) is 0.947. The van der Waals surface area contributed by atoms with Crippen LogP contribution >= 0.6 is 0 Å². The van der Waals surface area contributed by atoms with E-state index in [1.807, 2.05) is 0 Å². The van der Waals surface area contributed by atoms with Crippen LogP contribution in [0.25, 0.3) is 0 Å². The average Bonchev–Trinajstić information content (AvgIpc) is 2.04. The quantitative estimate of drug-likeness (QED) is 0.293. The molecule has 0 atom stereocenters. The number of rotatable bonds is 2. The highest BCUT2D eigenvalue weighted by Crippen LogP contribution is 2.04. The molecule has 0 fully saturated rings. The third-order valence-corrected chi connectivity index (χ3v) is 1.54. The van der Waals surface area contributed by atoms with Gasteiger partial charge in [-0.15, -0.1) is 0 Å². The van der Waals surface area contributed by atoms with E-state index in [9.17, 15) is 0 Å². The summed E-state index contributed by atoms with van der Waals surface area (Å²) in [6.45, 7) is 0. The molecule has 0 unspecified atom stereocenters. The number of anilines is 1. The summed E-state index contributed by atoms with van der Waals surface area (Å²) in [6, 6.07) is 5.21. The molecule has 0 heterocycles. The number of hydrogen-bond donors (Lipinski definition) is 3. The number of benzene rings is 1. The zero-order valence-electron chi connectivity index (χ0n) is 6.04. The van der Waals surface area contributed by atoms with Crippen molar-refractivity contribution in [1.29, 1.82) is 5.41 Å². The van der Waals surface area contributed by atoms with Crippen LogP contribution in [0.15, 0.2) is 18.2 Å². The molecule has 0 saturated heterocycles. The number of nitrogens with one attached hydrogen (secondary N) is 1. The van der Waals surface area contributed by atoms with E-state index in [0.29, 0.717) is 16.7 Å². The lowest BCUT2D eigenvalue weighted by Crippen LogP contribution is -2.20. The van der Waals surface area contributed by atoms with Crippen molar-refractivity contribution in [2.75, 3.05) is 5.73 Å². The van der Waals surface area contributed by atoms with Gasteiger partial charge in [0.25, 0.3) is 0 Å². The van der Waals surface area contributed by atoms with Gasteiger partial charge in [-0.1, -0.05) is 12.1 Å². The summed E-state index contributed by atoms with van der Waals surface area (Å²) in [5.74, 6) is 0. The van der Waals surface area contributed by atoms with Gasteiger partial charge in [-0.2, -0.15) is 0 Å². The molecule has 0 spiro atoms. The third-order valence-electron chi connectivity index (χ3n) is 1.54. The van der Waals surface area contributed by atoms with Crippen molar-refractivity contribution >= 4 is 24.8 Å². The minimum absolute atomic E-state index is 0.0737. The zero-order valence-corrected chi connectivity index (χ0v) is 6.04. The molecule has 1 aromatic carbocycles. The van der Waals surface area contributed by atoms with Gasteiger partial charge in [-0.3, -0.25) is 0 Å². The summed E-state index contributed by atoms with van der Waals surface area (Å²) in [7, 11) is -0.0737. The Balaban J connectivity index is 3.24. The summed E-state index contributed by atoms with van der Waals surface area (Å²) in [6.07, 6.45) is 1.15. The summed E-state index contributed by atoms with van der Waals surface area (Å²) in [4.78, 5) is 0. The first-order valence-electron chi connectivity index (χ1n) is 3.28. The van der Waals surface area contributed by atoms with Crippen LogP contribution in [0.3, 0.4) is 0 Å². The maximum absolute atomic E-state index is 8.82. The average molecular weight is 148 g/mol. The minimum atomic E-state index is -0.0737. The molecule has 0 bridgehead atoms. The molecule has 11 heavy (non-hydrogen) atoms. The molecule has 0 aliphatic carbocycles. The molecule has 3 nitrogen and oxygen atoms in total. The fraction of sp³-hybridized carbons (Fsp3) is 0. The van der Waals surface area contributed by atoms with E-state index >= 15 is 0 Å². The summed E-state index contributed by atoms with van der Waals surface area (Å²) in [5, 5.41) is 15.8. The Morgan fingerprint density at radius 1 is 1.55 bits per heavy atom. The Hall–Kier alpha value is -1.29. The van der Waals surface area contributed by atoms with Gasteiger partial charge in [0.1, 0.15) is 0 Å². The predicted molar refractivity (Wildman–Crippen MR) is 47.7 cm³/mol. The van der Waals surface area contributed by atoms with E-state index in [-0.39, 0.29) is 7.48 Å². The Bertz CT molecular complexity index is 275. The van der Waals surface area contributed by atoms with Crippen LogP contribution in [-0.4, -0.2) is 18.7 Å². The third kappa shape index (κ3) is 1.41. The Labute approximate surface area is 65.6 Å². The minimum Gasteiger partial charge on any atom is -0.449 e. The smallest absolute Gasteiger partial charge is 0.305 e. The van der Waals surface area contributed by atoms with E-state index < -0.39 is 0 Å². The Morgan fingerprint density at radius 3 is 2.73 bits per heavy atom. The first-order chi connectivity index (χ1) is 5.29. The molecule has 0 aromatic heterocycles. The first-order valence-corrected chi connectivity index (χ1v) is 3.28. The molecule has 56 valence electrons. The molecule has 0 aliphatic rings. The van der Waals surface area contributed by atoms with Crippen LogP contribution in [0.4, 0.5) is 5.69 Å². The van der Waals surface area contributed by atoms with E-state index in [0.717, 1.165) is 6.21 Å². The van der Waals surface area contributed by atoms with Crippen molar-refractivity contribution in [3.63, 3.8) is 0 Å². The molecule has 0 saturated carbocycles. The van der Waals surface area contributed by atoms with Crippen molar-refractivity contribution in [2.24, 2.45) is 0 Å². The molecule has 1 aromatic rings. The summed E-state index contributed by atoms with van der Waals surface area (Å²) >= 11 is 0. The standard InChI is InChI=1S/C7H9BN2O/c9-4-5-6(8-11)2-1-3-7(5)10/h1-4,8-9,11H,10H2. The van der Waals surface area contributed by atoms with E-state index in [2.05, 4.69) is 0 Å².